The summed E-state index contributed by atoms with van der Waals surface area (Å²) >= 11 is 0. The minimum atomic E-state index is 0.121. The van der Waals surface area contributed by atoms with E-state index in [4.69, 9.17) is 0 Å². The molecule has 90 valence electrons. The van der Waals surface area contributed by atoms with Crippen molar-refractivity contribution in [3.63, 3.8) is 0 Å². The van der Waals surface area contributed by atoms with E-state index < -0.39 is 0 Å². The Kier molecular flexibility index (Phi) is 2.52. The van der Waals surface area contributed by atoms with Crippen molar-refractivity contribution < 1.29 is 4.79 Å². The third kappa shape index (κ3) is 1.78. The normalized spacial score (nSPS) is 20.2. The Hall–Kier alpha value is -1.55. The van der Waals surface area contributed by atoms with E-state index in [0.717, 1.165) is 25.3 Å². The second-order valence-electron chi connectivity index (χ2n) is 4.90. The molecule has 2 aliphatic heterocycles. The van der Waals surface area contributed by atoms with E-state index in [0.29, 0.717) is 12.5 Å². The van der Waals surface area contributed by atoms with E-state index in [2.05, 4.69) is 11.4 Å². The Bertz CT molecular complexity index is 442. The molecule has 0 unspecified atom stereocenters. The topological polar surface area (TPSA) is 35.6 Å². The van der Waals surface area contributed by atoms with E-state index in [1.54, 1.807) is 4.90 Å². The molecule has 2 aliphatic rings. The summed E-state index contributed by atoms with van der Waals surface area (Å²) in [6.07, 6.45) is 0. The summed E-state index contributed by atoms with van der Waals surface area (Å²) < 4.78 is 0. The molecule has 0 atom stereocenters. The van der Waals surface area contributed by atoms with E-state index >= 15 is 0 Å². The largest absolute Gasteiger partial charge is 0.324 e. The Morgan fingerprint density at radius 3 is 2.82 bits per heavy atom. The predicted molar refractivity (Wildman–Crippen MR) is 67.0 cm³/mol. The molecule has 0 aliphatic carbocycles. The third-order valence-electron chi connectivity index (χ3n) is 3.55. The van der Waals surface area contributed by atoms with Gasteiger partial charge in [0.05, 0.1) is 5.69 Å². The van der Waals surface area contributed by atoms with Crippen molar-refractivity contribution in [3.8, 4) is 0 Å². The molecule has 1 aromatic rings. The minimum absolute atomic E-state index is 0.121. The molecule has 1 aromatic carbocycles. The Balaban J connectivity index is 1.90. The number of amides is 2. The van der Waals surface area contributed by atoms with Crippen molar-refractivity contribution in [2.24, 2.45) is 5.92 Å². The fraction of sp³-hybridized carbons (Fsp3) is 0.462. The van der Waals surface area contributed by atoms with Crippen LogP contribution >= 0.6 is 0 Å². The Morgan fingerprint density at radius 2 is 2.12 bits per heavy atom. The molecule has 2 amide bonds. The molecule has 2 heterocycles. The monoisotopic (exact) mass is 231 g/mol. The van der Waals surface area contributed by atoms with Gasteiger partial charge in [0.15, 0.2) is 0 Å². The van der Waals surface area contributed by atoms with E-state index in [-0.39, 0.29) is 6.03 Å². The number of nitrogens with one attached hydrogen (secondary N) is 1. The summed E-state index contributed by atoms with van der Waals surface area (Å²) in [6, 6.07) is 8.31. The minimum Gasteiger partial charge on any atom is -0.323 e. The fourth-order valence-corrected chi connectivity index (χ4v) is 2.45. The van der Waals surface area contributed by atoms with Crippen LogP contribution in [0.2, 0.25) is 0 Å². The number of anilines is 1. The molecule has 3 rings (SSSR count). The highest BCUT2D eigenvalue weighted by Gasteiger charge is 2.31. The highest BCUT2D eigenvalue weighted by Crippen LogP contribution is 2.28. The van der Waals surface area contributed by atoms with Crippen molar-refractivity contribution in [2.45, 2.75) is 6.54 Å². The lowest BCUT2D eigenvalue weighted by Crippen LogP contribution is -2.53. The van der Waals surface area contributed by atoms with Gasteiger partial charge in [0.1, 0.15) is 0 Å². The van der Waals surface area contributed by atoms with Crippen LogP contribution in [0.15, 0.2) is 24.3 Å². The van der Waals surface area contributed by atoms with Crippen molar-refractivity contribution in [3.05, 3.63) is 29.8 Å². The average Bonchev–Trinajstić information content (AvgIpc) is 2.27. The summed E-state index contributed by atoms with van der Waals surface area (Å²) in [6.45, 7) is 3.59. The van der Waals surface area contributed by atoms with Crippen molar-refractivity contribution in [2.75, 3.05) is 31.6 Å². The molecular formula is C13H17N3O. The summed E-state index contributed by atoms with van der Waals surface area (Å²) in [7, 11) is 1.87. The van der Waals surface area contributed by atoms with Crippen molar-refractivity contribution in [1.29, 1.82) is 0 Å². The van der Waals surface area contributed by atoms with Crippen molar-refractivity contribution >= 4 is 11.7 Å². The molecule has 1 N–H and O–H groups in total. The number of fused-ring (bicyclic) bond motifs is 1. The highest BCUT2D eigenvalue weighted by molar-refractivity contribution is 5.94. The van der Waals surface area contributed by atoms with Gasteiger partial charge in [0, 0.05) is 39.1 Å². The van der Waals surface area contributed by atoms with Gasteiger partial charge in [-0.15, -0.1) is 0 Å². The van der Waals surface area contributed by atoms with E-state index in [9.17, 15) is 4.79 Å². The molecule has 0 radical (unpaired) electrons. The first-order chi connectivity index (χ1) is 8.25. The van der Waals surface area contributed by atoms with Crippen LogP contribution in [0.3, 0.4) is 0 Å². The van der Waals surface area contributed by atoms with Crippen LogP contribution in [0.25, 0.3) is 0 Å². The number of rotatable bonds is 2. The highest BCUT2D eigenvalue weighted by atomic mass is 16.2. The van der Waals surface area contributed by atoms with Gasteiger partial charge in [-0.25, -0.2) is 4.79 Å². The van der Waals surface area contributed by atoms with Gasteiger partial charge < -0.3 is 10.2 Å². The summed E-state index contributed by atoms with van der Waals surface area (Å²) in [5, 5.41) is 3.25. The van der Waals surface area contributed by atoms with Crippen LogP contribution in [0.5, 0.6) is 0 Å². The van der Waals surface area contributed by atoms with Crippen LogP contribution in [-0.4, -0.2) is 37.6 Å². The predicted octanol–water partition coefficient (Wildman–Crippen LogP) is 1.28. The summed E-state index contributed by atoms with van der Waals surface area (Å²) in [4.78, 5) is 15.9. The zero-order chi connectivity index (χ0) is 11.8. The molecule has 17 heavy (non-hydrogen) atoms. The van der Waals surface area contributed by atoms with Crippen LogP contribution in [0.4, 0.5) is 10.5 Å². The Labute approximate surface area is 101 Å². The van der Waals surface area contributed by atoms with Crippen LogP contribution < -0.4 is 10.2 Å². The second-order valence-corrected chi connectivity index (χ2v) is 4.90. The number of nitrogens with zero attached hydrogens (tertiary/aromatic N) is 2. The standard InChI is InChI=1S/C13H17N3O/c1-15-9-11-4-2-3-5-12(11)16(13(15)17)8-10-6-14-7-10/h2-5,10,14H,6-9H2,1H3. The number of hydrogen-bond donors (Lipinski definition) is 1. The number of para-hydroxylation sites is 1. The molecule has 1 fully saturated rings. The maximum Gasteiger partial charge on any atom is 0.324 e. The maximum absolute atomic E-state index is 12.2. The molecule has 4 heteroatoms. The first kappa shape index (κ1) is 10.6. The lowest BCUT2D eigenvalue weighted by Gasteiger charge is -2.39. The number of benzene rings is 1. The lowest BCUT2D eigenvalue weighted by atomic mass is 10.0. The Morgan fingerprint density at radius 1 is 1.35 bits per heavy atom. The van der Waals surface area contributed by atoms with Gasteiger partial charge in [-0.1, -0.05) is 18.2 Å². The van der Waals surface area contributed by atoms with Gasteiger partial charge in [-0.3, -0.25) is 4.90 Å². The summed E-state index contributed by atoms with van der Waals surface area (Å²) in [5.74, 6) is 0.596. The molecule has 1 saturated heterocycles. The van der Waals surface area contributed by atoms with Gasteiger partial charge in [-0.2, -0.15) is 0 Å². The van der Waals surface area contributed by atoms with E-state index in [1.807, 2.05) is 30.1 Å². The van der Waals surface area contributed by atoms with Crippen molar-refractivity contribution in [1.82, 2.24) is 10.2 Å². The molecule has 4 nitrogen and oxygen atoms in total. The van der Waals surface area contributed by atoms with Gasteiger partial charge in [-0.05, 0) is 11.6 Å². The maximum atomic E-state index is 12.2. The molecule has 0 bridgehead atoms. The van der Waals surface area contributed by atoms with Gasteiger partial charge >= 0.3 is 6.03 Å². The van der Waals surface area contributed by atoms with E-state index in [1.165, 1.54) is 5.56 Å². The molecule has 0 aromatic heterocycles. The SMILES string of the molecule is CN1Cc2ccccc2N(CC2CNC2)C1=O. The number of hydrogen-bond acceptors (Lipinski definition) is 2. The zero-order valence-corrected chi connectivity index (χ0v) is 10.0. The third-order valence-corrected chi connectivity index (χ3v) is 3.55. The number of carbonyl (C=O) groups excluding carboxylic acids is 1. The van der Waals surface area contributed by atoms with Gasteiger partial charge in [0.25, 0.3) is 0 Å². The molecule has 0 saturated carbocycles. The number of urea groups is 1. The average molecular weight is 231 g/mol. The zero-order valence-electron chi connectivity index (χ0n) is 10.0. The number of carbonyl (C=O) groups is 1. The lowest BCUT2D eigenvalue weighted by molar-refractivity contribution is 0.207. The first-order valence-electron chi connectivity index (χ1n) is 6.07. The molecular weight excluding hydrogens is 214 g/mol. The van der Waals surface area contributed by atoms with Crippen LogP contribution in [0.1, 0.15) is 5.56 Å². The quantitative estimate of drug-likeness (QED) is 0.832. The fourth-order valence-electron chi connectivity index (χ4n) is 2.45. The first-order valence-corrected chi connectivity index (χ1v) is 6.07. The smallest absolute Gasteiger partial charge is 0.323 e. The summed E-state index contributed by atoms with van der Waals surface area (Å²) in [5.41, 5.74) is 2.32. The van der Waals surface area contributed by atoms with Crippen LogP contribution in [-0.2, 0) is 6.54 Å². The van der Waals surface area contributed by atoms with Crippen LogP contribution in [0, 0.1) is 5.92 Å². The second kappa shape index (κ2) is 4.04. The molecule has 0 spiro atoms. The van der Waals surface area contributed by atoms with Gasteiger partial charge in [0.2, 0.25) is 0 Å².